The van der Waals surface area contributed by atoms with Crippen LogP contribution in [0.3, 0.4) is 0 Å². The number of ether oxygens (including phenoxy) is 1. The average molecular weight is 165 g/mol. The Morgan fingerprint density at radius 1 is 1.67 bits per heavy atom. The third-order valence-corrected chi connectivity index (χ3v) is 1.52. The molecule has 0 unspecified atom stereocenters. The van der Waals surface area contributed by atoms with Gasteiger partial charge in [0.2, 0.25) is 0 Å². The average Bonchev–Trinajstić information content (AvgIpc) is 2.16. The first kappa shape index (κ1) is 8.74. The van der Waals surface area contributed by atoms with Gasteiger partial charge < -0.3 is 9.84 Å². The summed E-state index contributed by atoms with van der Waals surface area (Å²) < 4.78 is 5.02. The number of hydrogen-bond acceptors (Lipinski definition) is 3. The minimum atomic E-state index is -0.0646. The maximum absolute atomic E-state index is 8.78. The van der Waals surface area contributed by atoms with Gasteiger partial charge in [-0.1, -0.05) is 6.58 Å². The van der Waals surface area contributed by atoms with Crippen molar-refractivity contribution in [2.24, 2.45) is 0 Å². The third-order valence-electron chi connectivity index (χ3n) is 1.52. The Labute approximate surface area is 71.3 Å². The Morgan fingerprint density at radius 3 is 2.92 bits per heavy atom. The van der Waals surface area contributed by atoms with Crippen molar-refractivity contribution in [1.82, 2.24) is 4.98 Å². The smallest absolute Gasteiger partial charge is 0.144 e. The molecule has 1 rings (SSSR count). The van der Waals surface area contributed by atoms with Gasteiger partial charge in [0.1, 0.15) is 11.4 Å². The van der Waals surface area contributed by atoms with E-state index in [4.69, 9.17) is 9.84 Å². The normalized spacial score (nSPS) is 9.50. The number of nitrogens with zero attached hydrogens (tertiary/aromatic N) is 1. The summed E-state index contributed by atoms with van der Waals surface area (Å²) >= 11 is 0. The quantitative estimate of drug-likeness (QED) is 0.732. The topological polar surface area (TPSA) is 42.4 Å². The van der Waals surface area contributed by atoms with Gasteiger partial charge >= 0.3 is 0 Å². The summed E-state index contributed by atoms with van der Waals surface area (Å²) in [7, 11) is 1.57. The highest BCUT2D eigenvalue weighted by Gasteiger charge is 2.01. The zero-order chi connectivity index (χ0) is 8.97. The van der Waals surface area contributed by atoms with Gasteiger partial charge in [-0.25, -0.2) is 4.98 Å². The van der Waals surface area contributed by atoms with Crippen LogP contribution in [-0.2, 0) is 6.61 Å². The van der Waals surface area contributed by atoms with Gasteiger partial charge in [0, 0.05) is 0 Å². The molecule has 0 spiro atoms. The summed E-state index contributed by atoms with van der Waals surface area (Å²) in [5.74, 6) is 0.669. The molecule has 3 nitrogen and oxygen atoms in total. The van der Waals surface area contributed by atoms with Crippen molar-refractivity contribution in [3.8, 4) is 5.75 Å². The first-order chi connectivity index (χ1) is 5.81. The fourth-order valence-electron chi connectivity index (χ4n) is 0.911. The van der Waals surface area contributed by atoms with E-state index >= 15 is 0 Å². The Kier molecular flexibility index (Phi) is 2.82. The molecule has 0 bridgehead atoms. The van der Waals surface area contributed by atoms with E-state index in [0.717, 1.165) is 0 Å². The Bertz CT molecular complexity index is 284. The fourth-order valence-corrected chi connectivity index (χ4v) is 0.911. The van der Waals surface area contributed by atoms with Crippen LogP contribution >= 0.6 is 0 Å². The van der Waals surface area contributed by atoms with Gasteiger partial charge in [0.05, 0.1) is 19.4 Å². The Morgan fingerprint density at radius 2 is 2.42 bits per heavy atom. The summed E-state index contributed by atoms with van der Waals surface area (Å²) in [5, 5.41) is 8.78. The third kappa shape index (κ3) is 1.62. The molecule has 0 atom stereocenters. The van der Waals surface area contributed by atoms with E-state index in [-0.39, 0.29) is 6.61 Å². The van der Waals surface area contributed by atoms with E-state index < -0.39 is 0 Å². The Hall–Kier alpha value is -1.35. The number of methoxy groups -OCH3 is 1. The van der Waals surface area contributed by atoms with Crippen LogP contribution in [0.4, 0.5) is 0 Å². The molecule has 1 aromatic rings. The largest absolute Gasteiger partial charge is 0.494 e. The molecule has 1 heterocycles. The molecule has 12 heavy (non-hydrogen) atoms. The fraction of sp³-hybridized carbons (Fsp3) is 0.222. The maximum atomic E-state index is 8.78. The monoisotopic (exact) mass is 165 g/mol. The van der Waals surface area contributed by atoms with Crippen molar-refractivity contribution in [2.45, 2.75) is 6.61 Å². The first-order valence-electron chi connectivity index (χ1n) is 3.59. The second-order valence-corrected chi connectivity index (χ2v) is 2.25. The molecule has 1 aromatic heterocycles. The molecule has 0 fully saturated rings. The van der Waals surface area contributed by atoms with Crippen LogP contribution in [0, 0.1) is 0 Å². The predicted octanol–water partition coefficient (Wildman–Crippen LogP) is 1.23. The number of aliphatic hydroxyl groups is 1. The molecule has 0 aliphatic carbocycles. The second kappa shape index (κ2) is 3.88. The van der Waals surface area contributed by atoms with Gasteiger partial charge in [-0.3, -0.25) is 0 Å². The van der Waals surface area contributed by atoms with Gasteiger partial charge in [0.25, 0.3) is 0 Å². The van der Waals surface area contributed by atoms with Crippen LogP contribution in [0.2, 0.25) is 0 Å². The van der Waals surface area contributed by atoms with Crippen molar-refractivity contribution < 1.29 is 9.84 Å². The SMILES string of the molecule is C=Cc1nc(CO)ccc1OC. The zero-order valence-electron chi connectivity index (χ0n) is 6.95. The van der Waals surface area contributed by atoms with Crippen LogP contribution < -0.4 is 4.74 Å². The lowest BCUT2D eigenvalue weighted by Crippen LogP contribution is -1.95. The number of pyridine rings is 1. The van der Waals surface area contributed by atoms with Gasteiger partial charge in [0.15, 0.2) is 0 Å². The molecular formula is C9H11NO2. The maximum Gasteiger partial charge on any atom is 0.144 e. The van der Waals surface area contributed by atoms with Gasteiger partial charge in [-0.15, -0.1) is 0 Å². The Balaban J connectivity index is 3.10. The summed E-state index contributed by atoms with van der Waals surface area (Å²) in [5.41, 5.74) is 1.27. The van der Waals surface area contributed by atoms with E-state index in [9.17, 15) is 0 Å². The van der Waals surface area contributed by atoms with E-state index in [1.54, 1.807) is 25.3 Å². The summed E-state index contributed by atoms with van der Waals surface area (Å²) in [6.45, 7) is 3.53. The molecule has 3 heteroatoms. The first-order valence-corrected chi connectivity index (χ1v) is 3.59. The molecule has 0 saturated heterocycles. The molecular weight excluding hydrogens is 154 g/mol. The van der Waals surface area contributed by atoms with Crippen LogP contribution in [0.15, 0.2) is 18.7 Å². The standard InChI is InChI=1S/C9H11NO2/c1-3-8-9(12-2)5-4-7(6-11)10-8/h3-5,11H,1,6H2,2H3. The molecule has 0 aliphatic rings. The van der Waals surface area contributed by atoms with Crippen molar-refractivity contribution in [2.75, 3.05) is 7.11 Å². The molecule has 0 radical (unpaired) electrons. The molecule has 64 valence electrons. The van der Waals surface area contributed by atoms with Gasteiger partial charge in [-0.2, -0.15) is 0 Å². The van der Waals surface area contributed by atoms with E-state index in [0.29, 0.717) is 17.1 Å². The van der Waals surface area contributed by atoms with Crippen LogP contribution in [0.25, 0.3) is 6.08 Å². The van der Waals surface area contributed by atoms with Crippen molar-refractivity contribution in [1.29, 1.82) is 0 Å². The lowest BCUT2D eigenvalue weighted by molar-refractivity contribution is 0.276. The lowest BCUT2D eigenvalue weighted by Gasteiger charge is -2.04. The van der Waals surface area contributed by atoms with Crippen molar-refractivity contribution in [3.63, 3.8) is 0 Å². The summed E-state index contributed by atoms with van der Waals surface area (Å²) in [6, 6.07) is 3.47. The van der Waals surface area contributed by atoms with E-state index in [2.05, 4.69) is 11.6 Å². The number of aromatic nitrogens is 1. The van der Waals surface area contributed by atoms with Crippen LogP contribution in [0.5, 0.6) is 5.75 Å². The lowest BCUT2D eigenvalue weighted by atomic mass is 10.3. The predicted molar refractivity (Wildman–Crippen MR) is 46.8 cm³/mol. The highest BCUT2D eigenvalue weighted by Crippen LogP contribution is 2.17. The van der Waals surface area contributed by atoms with Crippen molar-refractivity contribution in [3.05, 3.63) is 30.1 Å². The van der Waals surface area contributed by atoms with Crippen molar-refractivity contribution >= 4 is 6.08 Å². The molecule has 1 N–H and O–H groups in total. The minimum absolute atomic E-state index is 0.0646. The molecule has 0 saturated carbocycles. The molecule has 0 aliphatic heterocycles. The highest BCUT2D eigenvalue weighted by atomic mass is 16.5. The number of hydrogen-bond donors (Lipinski definition) is 1. The molecule has 0 amide bonds. The second-order valence-electron chi connectivity index (χ2n) is 2.25. The van der Waals surface area contributed by atoms with E-state index in [1.807, 2.05) is 0 Å². The molecule has 0 aromatic carbocycles. The van der Waals surface area contributed by atoms with Gasteiger partial charge in [-0.05, 0) is 18.2 Å². The van der Waals surface area contributed by atoms with Crippen LogP contribution in [0.1, 0.15) is 11.4 Å². The minimum Gasteiger partial charge on any atom is -0.494 e. The number of aliphatic hydroxyl groups excluding tert-OH is 1. The van der Waals surface area contributed by atoms with Crippen LogP contribution in [-0.4, -0.2) is 17.2 Å². The highest BCUT2D eigenvalue weighted by molar-refractivity contribution is 5.51. The zero-order valence-corrected chi connectivity index (χ0v) is 6.95. The van der Waals surface area contributed by atoms with E-state index in [1.165, 1.54) is 0 Å². The summed E-state index contributed by atoms with van der Waals surface area (Å²) in [4.78, 5) is 4.09. The number of rotatable bonds is 3. The summed E-state index contributed by atoms with van der Waals surface area (Å²) in [6.07, 6.45) is 1.60.